The Balaban J connectivity index is 2.27. The first kappa shape index (κ1) is 27.6. The maximum atomic E-state index is 12.0. The van der Waals surface area contributed by atoms with Gasteiger partial charge in [-0.05, 0) is 69.2 Å². The number of esters is 4. The van der Waals surface area contributed by atoms with Crippen molar-refractivity contribution in [3.8, 4) is 11.5 Å². The van der Waals surface area contributed by atoms with E-state index in [1.165, 1.54) is 0 Å². The van der Waals surface area contributed by atoms with E-state index in [0.29, 0.717) is 56.0 Å². The van der Waals surface area contributed by atoms with Gasteiger partial charge in [-0.25, -0.2) is 9.59 Å². The first-order valence-corrected chi connectivity index (χ1v) is 11.0. The monoisotopic (exact) mass is 460 g/mol. The van der Waals surface area contributed by atoms with Gasteiger partial charge >= 0.3 is 23.9 Å². The summed E-state index contributed by atoms with van der Waals surface area (Å²) in [5, 5.41) is 0. The van der Waals surface area contributed by atoms with Crippen LogP contribution < -0.4 is 9.47 Å². The van der Waals surface area contributed by atoms with Crippen LogP contribution in [0, 0.1) is 6.92 Å². The largest absolute Gasteiger partial charge is 0.463 e. The van der Waals surface area contributed by atoms with Gasteiger partial charge in [0.05, 0.1) is 13.2 Å². The Morgan fingerprint density at radius 3 is 1.76 bits per heavy atom. The number of aryl methyl sites for hydroxylation is 1. The topological polar surface area (TPSA) is 105 Å². The first-order chi connectivity index (χ1) is 15.8. The third kappa shape index (κ3) is 12.9. The highest BCUT2D eigenvalue weighted by molar-refractivity contribution is 5.81. The minimum Gasteiger partial charge on any atom is -0.463 e. The average molecular weight is 461 g/mol. The molecule has 0 atom stereocenters. The lowest BCUT2D eigenvalue weighted by Crippen LogP contribution is -2.10. The summed E-state index contributed by atoms with van der Waals surface area (Å²) in [7, 11) is 0. The van der Waals surface area contributed by atoms with Crippen LogP contribution in [0.4, 0.5) is 0 Å². The van der Waals surface area contributed by atoms with Gasteiger partial charge in [0.1, 0.15) is 11.5 Å². The van der Waals surface area contributed by atoms with Crippen LogP contribution in [0.15, 0.2) is 43.5 Å². The van der Waals surface area contributed by atoms with E-state index in [2.05, 4.69) is 13.2 Å². The molecule has 0 bridgehead atoms. The number of carbonyl (C=O) groups excluding carboxylic acids is 4. The number of rotatable bonds is 16. The lowest BCUT2D eigenvalue weighted by atomic mass is 10.2. The normalized spacial score (nSPS) is 10.1. The Morgan fingerprint density at radius 1 is 0.758 bits per heavy atom. The van der Waals surface area contributed by atoms with Crippen molar-refractivity contribution in [2.45, 2.75) is 58.3 Å². The second kappa shape index (κ2) is 16.2. The second-order valence-electron chi connectivity index (χ2n) is 7.24. The fourth-order valence-electron chi connectivity index (χ4n) is 2.72. The molecule has 0 amide bonds. The highest BCUT2D eigenvalue weighted by Crippen LogP contribution is 2.24. The lowest BCUT2D eigenvalue weighted by Gasteiger charge is -2.10. The van der Waals surface area contributed by atoms with Gasteiger partial charge in [-0.15, -0.1) is 0 Å². The van der Waals surface area contributed by atoms with Crippen LogP contribution in [0.2, 0.25) is 0 Å². The zero-order chi connectivity index (χ0) is 24.5. The van der Waals surface area contributed by atoms with Crippen LogP contribution in [0.25, 0.3) is 0 Å². The van der Waals surface area contributed by atoms with Crippen LogP contribution in [0.3, 0.4) is 0 Å². The van der Waals surface area contributed by atoms with Crippen LogP contribution in [-0.4, -0.2) is 37.1 Å². The molecule has 0 N–H and O–H groups in total. The van der Waals surface area contributed by atoms with Crippen molar-refractivity contribution < 1.29 is 38.1 Å². The molecule has 1 rings (SSSR count). The Kier molecular flexibility index (Phi) is 13.6. The molecular weight excluding hydrogens is 428 g/mol. The molecule has 8 nitrogen and oxygen atoms in total. The van der Waals surface area contributed by atoms with Crippen LogP contribution >= 0.6 is 0 Å². The molecule has 0 heterocycles. The number of unbranched alkanes of at least 4 members (excludes halogenated alkanes) is 4. The van der Waals surface area contributed by atoms with E-state index < -0.39 is 11.9 Å². The van der Waals surface area contributed by atoms with Crippen LogP contribution in [-0.2, 0) is 28.7 Å². The summed E-state index contributed by atoms with van der Waals surface area (Å²) in [6.45, 7) is 8.99. The zero-order valence-electron chi connectivity index (χ0n) is 19.1. The minimum atomic E-state index is -0.456. The van der Waals surface area contributed by atoms with Crippen molar-refractivity contribution in [3.05, 3.63) is 49.1 Å². The van der Waals surface area contributed by atoms with E-state index in [1.807, 2.05) is 0 Å². The van der Waals surface area contributed by atoms with E-state index in [0.717, 1.165) is 25.0 Å². The Bertz CT molecular complexity index is 828. The van der Waals surface area contributed by atoms with E-state index in [9.17, 15) is 19.2 Å². The predicted molar refractivity (Wildman–Crippen MR) is 122 cm³/mol. The summed E-state index contributed by atoms with van der Waals surface area (Å²) < 4.78 is 20.4. The number of hydrogen-bond donors (Lipinski definition) is 0. The predicted octanol–water partition coefficient (Wildman–Crippen LogP) is 4.39. The molecule has 0 radical (unpaired) electrons. The minimum absolute atomic E-state index is 0.248. The number of hydrogen-bond acceptors (Lipinski definition) is 8. The van der Waals surface area contributed by atoms with Gasteiger partial charge in [0.25, 0.3) is 0 Å². The second-order valence-corrected chi connectivity index (χ2v) is 7.24. The summed E-state index contributed by atoms with van der Waals surface area (Å²) in [5.41, 5.74) is 0.675. The molecule has 0 saturated heterocycles. The van der Waals surface area contributed by atoms with Crippen molar-refractivity contribution in [3.63, 3.8) is 0 Å². The van der Waals surface area contributed by atoms with Crippen molar-refractivity contribution in [2.24, 2.45) is 0 Å². The third-order valence-electron chi connectivity index (χ3n) is 4.47. The summed E-state index contributed by atoms with van der Waals surface area (Å²) in [6, 6.07) is 4.82. The van der Waals surface area contributed by atoms with Crippen molar-refractivity contribution in [1.82, 2.24) is 0 Å². The zero-order valence-corrected chi connectivity index (χ0v) is 19.1. The molecule has 0 aliphatic rings. The fraction of sp³-hybridized carbons (Fsp3) is 0.440. The standard InChI is InChI=1S/C25H32O8/c1-4-22(26)30-16-10-6-8-12-24(28)32-20-14-15-21(19(3)18-20)33-25(29)13-9-7-11-17-31-23(27)5-2/h4-5,14-15,18H,1-2,6-13,16-17H2,3H3. The highest BCUT2D eigenvalue weighted by Gasteiger charge is 2.11. The molecule has 1 aromatic carbocycles. The molecule has 0 aliphatic carbocycles. The summed E-state index contributed by atoms with van der Waals surface area (Å²) in [5.74, 6) is -0.837. The molecular formula is C25H32O8. The first-order valence-electron chi connectivity index (χ1n) is 11.0. The Hall–Kier alpha value is -3.42. The molecule has 0 spiro atoms. The Morgan fingerprint density at radius 2 is 1.27 bits per heavy atom. The maximum Gasteiger partial charge on any atom is 0.330 e. The van der Waals surface area contributed by atoms with Gasteiger partial charge in [0.15, 0.2) is 0 Å². The molecule has 0 unspecified atom stereocenters. The summed E-state index contributed by atoms with van der Waals surface area (Å²) in [4.78, 5) is 45.8. The van der Waals surface area contributed by atoms with E-state index in [4.69, 9.17) is 18.9 Å². The van der Waals surface area contributed by atoms with Gasteiger partial charge in [0, 0.05) is 25.0 Å². The molecule has 0 saturated carbocycles. The van der Waals surface area contributed by atoms with E-state index in [-0.39, 0.29) is 24.8 Å². The van der Waals surface area contributed by atoms with Crippen LogP contribution in [0.5, 0.6) is 11.5 Å². The maximum absolute atomic E-state index is 12.0. The molecule has 33 heavy (non-hydrogen) atoms. The van der Waals surface area contributed by atoms with E-state index >= 15 is 0 Å². The molecule has 8 heteroatoms. The highest BCUT2D eigenvalue weighted by atomic mass is 16.5. The summed E-state index contributed by atoms with van der Waals surface area (Å²) in [6.07, 6.45) is 6.74. The quantitative estimate of drug-likeness (QED) is 0.155. The van der Waals surface area contributed by atoms with Crippen molar-refractivity contribution in [1.29, 1.82) is 0 Å². The SMILES string of the molecule is C=CC(=O)OCCCCCC(=O)Oc1ccc(OC(=O)CCCCCOC(=O)C=C)c(C)c1. The molecule has 180 valence electrons. The van der Waals surface area contributed by atoms with Gasteiger partial charge in [-0.3, -0.25) is 9.59 Å². The molecule has 1 aromatic rings. The number of carbonyl (C=O) groups is 4. The smallest absolute Gasteiger partial charge is 0.330 e. The van der Waals surface area contributed by atoms with Crippen molar-refractivity contribution in [2.75, 3.05) is 13.2 Å². The Labute approximate surface area is 194 Å². The number of benzene rings is 1. The number of ether oxygens (including phenoxy) is 4. The third-order valence-corrected chi connectivity index (χ3v) is 4.47. The van der Waals surface area contributed by atoms with Gasteiger partial charge < -0.3 is 18.9 Å². The van der Waals surface area contributed by atoms with Crippen molar-refractivity contribution >= 4 is 23.9 Å². The lowest BCUT2D eigenvalue weighted by molar-refractivity contribution is -0.138. The van der Waals surface area contributed by atoms with Crippen LogP contribution in [0.1, 0.15) is 56.9 Å². The van der Waals surface area contributed by atoms with E-state index in [1.54, 1.807) is 25.1 Å². The fourth-order valence-corrected chi connectivity index (χ4v) is 2.72. The summed E-state index contributed by atoms with van der Waals surface area (Å²) >= 11 is 0. The van der Waals surface area contributed by atoms with Gasteiger partial charge in [-0.2, -0.15) is 0 Å². The average Bonchev–Trinajstić information content (AvgIpc) is 2.79. The molecule has 0 fully saturated rings. The van der Waals surface area contributed by atoms with Gasteiger partial charge in [-0.1, -0.05) is 13.2 Å². The van der Waals surface area contributed by atoms with Gasteiger partial charge in [0.2, 0.25) is 0 Å². The molecule has 0 aliphatic heterocycles. The molecule has 0 aromatic heterocycles.